The number of hydrogen-bond donors (Lipinski definition) is 2. The summed E-state index contributed by atoms with van der Waals surface area (Å²) < 4.78 is 18.3. The van der Waals surface area contributed by atoms with Crippen LogP contribution in [0.5, 0.6) is 0 Å². The van der Waals surface area contributed by atoms with E-state index < -0.39 is 0 Å². The van der Waals surface area contributed by atoms with E-state index in [9.17, 15) is 4.39 Å². The number of nitrogens with zero attached hydrogens (tertiary/aromatic N) is 3. The van der Waals surface area contributed by atoms with Gasteiger partial charge in [0.05, 0.1) is 19.0 Å². The first-order valence-electron chi connectivity index (χ1n) is 6.28. The summed E-state index contributed by atoms with van der Waals surface area (Å²) in [6.07, 6.45) is 3.06. The lowest BCUT2D eigenvalue weighted by atomic mass is 10.3. The van der Waals surface area contributed by atoms with Gasteiger partial charge in [0.25, 0.3) is 0 Å². The van der Waals surface area contributed by atoms with E-state index in [2.05, 4.69) is 25.8 Å². The topological polar surface area (TPSA) is 75.9 Å². The van der Waals surface area contributed by atoms with E-state index in [1.165, 1.54) is 18.3 Å². The first kappa shape index (κ1) is 13.0. The quantitative estimate of drug-likeness (QED) is 0.750. The molecule has 6 nitrogen and oxygen atoms in total. The maximum absolute atomic E-state index is 13.1. The Labute approximate surface area is 120 Å². The van der Waals surface area contributed by atoms with Crippen molar-refractivity contribution < 1.29 is 8.81 Å². The Morgan fingerprint density at radius 1 is 1.19 bits per heavy atom. The molecule has 0 bridgehead atoms. The minimum Gasteiger partial charge on any atom is -0.467 e. The second-order valence-electron chi connectivity index (χ2n) is 4.23. The van der Waals surface area contributed by atoms with Crippen molar-refractivity contribution in [2.45, 2.75) is 6.54 Å². The summed E-state index contributed by atoms with van der Waals surface area (Å²) in [7, 11) is 0. The Hall–Kier alpha value is -2.96. The van der Waals surface area contributed by atoms with E-state index in [-0.39, 0.29) is 5.82 Å². The van der Waals surface area contributed by atoms with Crippen LogP contribution in [0.3, 0.4) is 0 Å². The van der Waals surface area contributed by atoms with Crippen molar-refractivity contribution in [3.05, 3.63) is 60.4 Å². The van der Waals surface area contributed by atoms with E-state index >= 15 is 0 Å². The highest BCUT2D eigenvalue weighted by Gasteiger charge is 2.03. The lowest BCUT2D eigenvalue weighted by Gasteiger charge is -2.07. The summed E-state index contributed by atoms with van der Waals surface area (Å²) in [4.78, 5) is 4.24. The Bertz CT molecular complexity index is 717. The van der Waals surface area contributed by atoms with Crippen LogP contribution in [0.2, 0.25) is 0 Å². The van der Waals surface area contributed by atoms with Crippen molar-refractivity contribution in [2.75, 3.05) is 10.6 Å². The SMILES string of the molecule is Fc1cccc(Nc2cnnc(NCc3ccco3)n2)c1. The second kappa shape index (κ2) is 6.00. The van der Waals surface area contributed by atoms with Crippen LogP contribution >= 0.6 is 0 Å². The van der Waals surface area contributed by atoms with Gasteiger partial charge in [-0.15, -0.1) is 5.10 Å². The number of anilines is 3. The predicted molar refractivity (Wildman–Crippen MR) is 75.5 cm³/mol. The molecule has 2 heterocycles. The molecule has 2 aromatic heterocycles. The smallest absolute Gasteiger partial charge is 0.245 e. The van der Waals surface area contributed by atoms with E-state index in [4.69, 9.17) is 4.42 Å². The molecular weight excluding hydrogens is 273 g/mol. The van der Waals surface area contributed by atoms with Gasteiger partial charge in [0.1, 0.15) is 11.6 Å². The number of rotatable bonds is 5. The van der Waals surface area contributed by atoms with Crippen molar-refractivity contribution in [1.82, 2.24) is 15.2 Å². The van der Waals surface area contributed by atoms with Gasteiger partial charge in [0.15, 0.2) is 5.82 Å². The molecule has 0 aliphatic heterocycles. The van der Waals surface area contributed by atoms with Gasteiger partial charge in [-0.25, -0.2) is 4.39 Å². The van der Waals surface area contributed by atoms with Crippen LogP contribution in [-0.4, -0.2) is 15.2 Å². The molecular formula is C14H12FN5O. The predicted octanol–water partition coefficient (Wildman–Crippen LogP) is 2.96. The zero-order chi connectivity index (χ0) is 14.5. The molecule has 0 aliphatic carbocycles. The van der Waals surface area contributed by atoms with Crippen molar-refractivity contribution in [2.24, 2.45) is 0 Å². The first-order chi connectivity index (χ1) is 10.3. The average molecular weight is 285 g/mol. The fraction of sp³-hybridized carbons (Fsp3) is 0.0714. The molecule has 106 valence electrons. The van der Waals surface area contributed by atoms with Gasteiger partial charge >= 0.3 is 0 Å². The Kier molecular flexibility index (Phi) is 3.72. The van der Waals surface area contributed by atoms with Crippen molar-refractivity contribution in [1.29, 1.82) is 0 Å². The molecule has 7 heteroatoms. The van der Waals surface area contributed by atoms with Crippen LogP contribution in [-0.2, 0) is 6.54 Å². The zero-order valence-electron chi connectivity index (χ0n) is 11.0. The number of halogens is 1. The Morgan fingerprint density at radius 2 is 2.14 bits per heavy atom. The third kappa shape index (κ3) is 3.53. The molecule has 2 N–H and O–H groups in total. The van der Waals surface area contributed by atoms with Crippen LogP contribution in [0, 0.1) is 5.82 Å². The summed E-state index contributed by atoms with van der Waals surface area (Å²) in [5, 5.41) is 13.7. The highest BCUT2D eigenvalue weighted by Crippen LogP contribution is 2.15. The van der Waals surface area contributed by atoms with E-state index in [1.54, 1.807) is 24.5 Å². The van der Waals surface area contributed by atoms with E-state index in [1.807, 2.05) is 6.07 Å². The third-order valence-corrected chi connectivity index (χ3v) is 2.66. The van der Waals surface area contributed by atoms with Crippen molar-refractivity contribution >= 4 is 17.5 Å². The number of furan rings is 1. The summed E-state index contributed by atoms with van der Waals surface area (Å²) in [6.45, 7) is 0.456. The van der Waals surface area contributed by atoms with Gasteiger partial charge in [0, 0.05) is 5.69 Å². The van der Waals surface area contributed by atoms with Crippen LogP contribution in [0.25, 0.3) is 0 Å². The Balaban J connectivity index is 1.68. The Morgan fingerprint density at radius 3 is 2.95 bits per heavy atom. The molecule has 0 saturated heterocycles. The summed E-state index contributed by atoms with van der Waals surface area (Å²) in [5.74, 6) is 1.27. The van der Waals surface area contributed by atoms with Crippen LogP contribution in [0.15, 0.2) is 53.3 Å². The summed E-state index contributed by atoms with van der Waals surface area (Å²) in [5.41, 5.74) is 0.590. The average Bonchev–Trinajstić information content (AvgIpc) is 2.99. The number of nitrogens with one attached hydrogen (secondary N) is 2. The van der Waals surface area contributed by atoms with Gasteiger partial charge in [-0.05, 0) is 30.3 Å². The molecule has 3 rings (SSSR count). The monoisotopic (exact) mass is 285 g/mol. The highest BCUT2D eigenvalue weighted by molar-refractivity contribution is 5.55. The maximum atomic E-state index is 13.1. The molecule has 0 spiro atoms. The molecule has 0 radical (unpaired) electrons. The van der Waals surface area contributed by atoms with Gasteiger partial charge < -0.3 is 15.1 Å². The fourth-order valence-electron chi connectivity index (χ4n) is 1.73. The minimum absolute atomic E-state index is 0.321. The molecule has 0 unspecified atom stereocenters. The third-order valence-electron chi connectivity index (χ3n) is 2.66. The molecule has 0 fully saturated rings. The van der Waals surface area contributed by atoms with Gasteiger partial charge in [0.2, 0.25) is 5.95 Å². The summed E-state index contributed by atoms with van der Waals surface area (Å²) in [6, 6.07) is 9.74. The number of benzene rings is 1. The van der Waals surface area contributed by atoms with E-state index in [0.29, 0.717) is 24.0 Å². The van der Waals surface area contributed by atoms with Gasteiger partial charge in [-0.3, -0.25) is 0 Å². The molecule has 0 aliphatic rings. The maximum Gasteiger partial charge on any atom is 0.245 e. The van der Waals surface area contributed by atoms with Crippen LogP contribution in [0.1, 0.15) is 5.76 Å². The standard InChI is InChI=1S/C14H12FN5O/c15-10-3-1-4-11(7-10)18-13-9-17-20-14(19-13)16-8-12-5-2-6-21-12/h1-7,9H,8H2,(H2,16,18,19,20). The highest BCUT2D eigenvalue weighted by atomic mass is 19.1. The van der Waals surface area contributed by atoms with Gasteiger partial charge in [-0.1, -0.05) is 6.07 Å². The van der Waals surface area contributed by atoms with Crippen LogP contribution < -0.4 is 10.6 Å². The largest absolute Gasteiger partial charge is 0.467 e. The fourth-order valence-corrected chi connectivity index (χ4v) is 1.73. The van der Waals surface area contributed by atoms with Crippen molar-refractivity contribution in [3.63, 3.8) is 0 Å². The lowest BCUT2D eigenvalue weighted by molar-refractivity contribution is 0.517. The molecule has 0 amide bonds. The normalized spacial score (nSPS) is 10.3. The molecule has 0 saturated carbocycles. The lowest BCUT2D eigenvalue weighted by Crippen LogP contribution is -2.05. The second-order valence-corrected chi connectivity index (χ2v) is 4.23. The van der Waals surface area contributed by atoms with E-state index in [0.717, 1.165) is 5.76 Å². The minimum atomic E-state index is -0.321. The van der Waals surface area contributed by atoms with Crippen molar-refractivity contribution in [3.8, 4) is 0 Å². The molecule has 3 aromatic rings. The van der Waals surface area contributed by atoms with Crippen LogP contribution in [0.4, 0.5) is 21.8 Å². The zero-order valence-corrected chi connectivity index (χ0v) is 11.0. The number of aromatic nitrogens is 3. The molecule has 21 heavy (non-hydrogen) atoms. The first-order valence-corrected chi connectivity index (χ1v) is 6.28. The van der Waals surface area contributed by atoms with Gasteiger partial charge in [-0.2, -0.15) is 10.1 Å². The summed E-state index contributed by atoms with van der Waals surface area (Å²) >= 11 is 0. The number of hydrogen-bond acceptors (Lipinski definition) is 6. The molecule has 1 aromatic carbocycles. The molecule has 0 atom stereocenters.